The number of nitrogens with zero attached hydrogens (tertiary/aromatic N) is 1. The number of benzene rings is 2. The van der Waals surface area contributed by atoms with Gasteiger partial charge >= 0.3 is 0 Å². The largest absolute Gasteiger partial charge is 0.377 e. The smallest absolute Gasteiger partial charge is 0.255 e. The number of hydrogen-bond acceptors (Lipinski definition) is 4. The number of anilines is 1. The van der Waals surface area contributed by atoms with Gasteiger partial charge in [-0.05, 0) is 49.2 Å². The second kappa shape index (κ2) is 8.39. The fraction of sp³-hybridized carbons (Fsp3) is 0.316. The maximum atomic E-state index is 12.7. The summed E-state index contributed by atoms with van der Waals surface area (Å²) in [7, 11) is -2.10. The van der Waals surface area contributed by atoms with Crippen molar-refractivity contribution in [1.29, 1.82) is 0 Å². The molecule has 6 nitrogen and oxygen atoms in total. The van der Waals surface area contributed by atoms with Gasteiger partial charge in [0.05, 0.1) is 21.7 Å². The van der Waals surface area contributed by atoms with E-state index in [-0.39, 0.29) is 16.9 Å². The molecule has 8 heteroatoms. The molecule has 1 aliphatic rings. The van der Waals surface area contributed by atoms with Gasteiger partial charge in [-0.25, -0.2) is 8.42 Å². The third-order valence-electron chi connectivity index (χ3n) is 4.43. The minimum atomic E-state index is -3.63. The van der Waals surface area contributed by atoms with Crippen LogP contribution in [-0.4, -0.2) is 44.9 Å². The molecule has 0 saturated carbocycles. The third-order valence-corrected chi connectivity index (χ3v) is 6.60. The standard InChI is InChI=1S/C19H21ClN2O4S/c1-22(13-15-5-4-12-26-15)27(24,25)16-10-8-14(9-11-16)19(23)21-18-7-3-2-6-17(18)20/h2-3,6-11,15H,4-5,12-13H2,1H3,(H,21,23). The number of rotatable bonds is 6. The summed E-state index contributed by atoms with van der Waals surface area (Å²) < 4.78 is 32.2. The fourth-order valence-corrected chi connectivity index (χ4v) is 4.27. The predicted octanol–water partition coefficient (Wildman–Crippen LogP) is 3.39. The van der Waals surface area contributed by atoms with E-state index in [2.05, 4.69) is 5.32 Å². The van der Waals surface area contributed by atoms with E-state index in [9.17, 15) is 13.2 Å². The molecule has 144 valence electrons. The van der Waals surface area contributed by atoms with Crippen LogP contribution in [0.25, 0.3) is 0 Å². The number of ether oxygens (including phenoxy) is 1. The summed E-state index contributed by atoms with van der Waals surface area (Å²) in [5.41, 5.74) is 0.841. The first-order chi connectivity index (χ1) is 12.9. The van der Waals surface area contributed by atoms with Crippen LogP contribution in [-0.2, 0) is 14.8 Å². The monoisotopic (exact) mass is 408 g/mol. The van der Waals surface area contributed by atoms with Crippen LogP contribution in [0.15, 0.2) is 53.4 Å². The van der Waals surface area contributed by atoms with Crippen LogP contribution in [0.4, 0.5) is 5.69 Å². The lowest BCUT2D eigenvalue weighted by atomic mass is 10.2. The fourth-order valence-electron chi connectivity index (χ4n) is 2.89. The number of halogens is 1. The van der Waals surface area contributed by atoms with Gasteiger partial charge in [-0.2, -0.15) is 4.31 Å². The van der Waals surface area contributed by atoms with E-state index in [1.54, 1.807) is 24.3 Å². The molecule has 1 amide bonds. The molecule has 2 aromatic carbocycles. The van der Waals surface area contributed by atoms with Crippen LogP contribution in [0.2, 0.25) is 5.02 Å². The van der Waals surface area contributed by atoms with E-state index >= 15 is 0 Å². The van der Waals surface area contributed by atoms with Crippen molar-refractivity contribution in [2.24, 2.45) is 0 Å². The van der Waals surface area contributed by atoms with Gasteiger partial charge in [0.2, 0.25) is 10.0 Å². The molecule has 0 aliphatic carbocycles. The number of para-hydroxylation sites is 1. The van der Waals surface area contributed by atoms with Gasteiger partial charge < -0.3 is 10.1 Å². The second-order valence-corrected chi connectivity index (χ2v) is 8.83. The zero-order chi connectivity index (χ0) is 19.4. The van der Waals surface area contributed by atoms with Crippen LogP contribution in [0.3, 0.4) is 0 Å². The normalized spacial score (nSPS) is 17.2. The van der Waals surface area contributed by atoms with E-state index in [1.165, 1.54) is 35.6 Å². The maximum Gasteiger partial charge on any atom is 0.255 e. The average Bonchev–Trinajstić information content (AvgIpc) is 3.16. The van der Waals surface area contributed by atoms with E-state index < -0.39 is 10.0 Å². The lowest BCUT2D eigenvalue weighted by Gasteiger charge is -2.20. The highest BCUT2D eigenvalue weighted by atomic mass is 35.5. The van der Waals surface area contributed by atoms with Gasteiger partial charge in [-0.1, -0.05) is 23.7 Å². The lowest BCUT2D eigenvalue weighted by molar-refractivity contribution is 0.0979. The van der Waals surface area contributed by atoms with Crippen molar-refractivity contribution >= 4 is 33.2 Å². The number of carbonyl (C=O) groups is 1. The number of nitrogens with one attached hydrogen (secondary N) is 1. The van der Waals surface area contributed by atoms with Crippen LogP contribution < -0.4 is 5.32 Å². The molecule has 0 aromatic heterocycles. The number of amides is 1. The lowest BCUT2D eigenvalue weighted by Crippen LogP contribution is -2.34. The Morgan fingerprint density at radius 2 is 1.93 bits per heavy atom. The summed E-state index contributed by atoms with van der Waals surface area (Å²) in [6.07, 6.45) is 1.75. The minimum absolute atomic E-state index is 0.0644. The molecule has 1 heterocycles. The van der Waals surface area contributed by atoms with E-state index in [1.807, 2.05) is 0 Å². The van der Waals surface area contributed by atoms with Gasteiger partial charge in [-0.15, -0.1) is 0 Å². The van der Waals surface area contributed by atoms with Crippen LogP contribution in [0.1, 0.15) is 23.2 Å². The molecule has 2 aromatic rings. The van der Waals surface area contributed by atoms with Gasteiger partial charge in [0.1, 0.15) is 0 Å². The second-order valence-electron chi connectivity index (χ2n) is 6.38. The Bertz CT molecular complexity index is 910. The van der Waals surface area contributed by atoms with Crippen molar-refractivity contribution in [1.82, 2.24) is 4.31 Å². The summed E-state index contributed by atoms with van der Waals surface area (Å²) in [6.45, 7) is 0.991. The molecule has 1 N–H and O–H groups in total. The van der Waals surface area contributed by atoms with E-state index in [0.717, 1.165) is 12.8 Å². The van der Waals surface area contributed by atoms with Crippen LogP contribution in [0.5, 0.6) is 0 Å². The molecular weight excluding hydrogens is 388 g/mol. The van der Waals surface area contributed by atoms with Gasteiger partial charge in [0.25, 0.3) is 5.91 Å². The Hall–Kier alpha value is -1.93. The quantitative estimate of drug-likeness (QED) is 0.794. The van der Waals surface area contributed by atoms with Gasteiger partial charge in [-0.3, -0.25) is 4.79 Å². The SMILES string of the molecule is CN(CC1CCCO1)S(=O)(=O)c1ccc(C(=O)Nc2ccccc2Cl)cc1. The molecule has 1 saturated heterocycles. The highest BCUT2D eigenvalue weighted by Crippen LogP contribution is 2.22. The Morgan fingerprint density at radius 1 is 1.22 bits per heavy atom. The summed E-state index contributed by atoms with van der Waals surface area (Å²) in [6, 6.07) is 12.7. The van der Waals surface area contributed by atoms with Crippen LogP contribution in [0, 0.1) is 0 Å². The number of hydrogen-bond donors (Lipinski definition) is 1. The van der Waals surface area contributed by atoms with Crippen molar-refractivity contribution in [3.05, 3.63) is 59.1 Å². The molecule has 3 rings (SSSR count). The Morgan fingerprint density at radius 3 is 2.56 bits per heavy atom. The first-order valence-electron chi connectivity index (χ1n) is 8.62. The van der Waals surface area contributed by atoms with Crippen molar-refractivity contribution in [2.75, 3.05) is 25.5 Å². The number of carbonyl (C=O) groups excluding carboxylic acids is 1. The first kappa shape index (κ1) is 19.8. The summed E-state index contributed by atoms with van der Waals surface area (Å²) in [5, 5.41) is 3.14. The Balaban J connectivity index is 1.70. The number of likely N-dealkylation sites (N-methyl/N-ethyl adjacent to an activating group) is 1. The molecule has 1 atom stereocenters. The highest BCUT2D eigenvalue weighted by Gasteiger charge is 2.26. The van der Waals surface area contributed by atoms with Crippen LogP contribution >= 0.6 is 11.6 Å². The predicted molar refractivity (Wildman–Crippen MR) is 105 cm³/mol. The molecule has 1 aliphatic heterocycles. The maximum absolute atomic E-state index is 12.7. The Kier molecular flexibility index (Phi) is 6.16. The molecular formula is C19H21ClN2O4S. The number of sulfonamides is 1. The third kappa shape index (κ3) is 4.68. The highest BCUT2D eigenvalue weighted by molar-refractivity contribution is 7.89. The molecule has 1 unspecified atom stereocenters. The molecule has 1 fully saturated rings. The summed E-state index contributed by atoms with van der Waals surface area (Å²) in [4.78, 5) is 12.5. The molecule has 0 bridgehead atoms. The molecule has 27 heavy (non-hydrogen) atoms. The van der Waals surface area contributed by atoms with E-state index in [0.29, 0.717) is 29.4 Å². The molecule has 0 spiro atoms. The van der Waals surface area contributed by atoms with Gasteiger partial charge in [0.15, 0.2) is 0 Å². The summed E-state index contributed by atoms with van der Waals surface area (Å²) in [5.74, 6) is -0.361. The first-order valence-corrected chi connectivity index (χ1v) is 10.4. The Labute approximate surface area is 164 Å². The van der Waals surface area contributed by atoms with Crippen molar-refractivity contribution in [2.45, 2.75) is 23.8 Å². The van der Waals surface area contributed by atoms with E-state index in [4.69, 9.17) is 16.3 Å². The molecule has 0 radical (unpaired) electrons. The average molecular weight is 409 g/mol. The zero-order valence-electron chi connectivity index (χ0n) is 14.9. The van der Waals surface area contributed by atoms with Gasteiger partial charge in [0, 0.05) is 25.8 Å². The zero-order valence-corrected chi connectivity index (χ0v) is 16.5. The van der Waals surface area contributed by atoms with Crippen molar-refractivity contribution < 1.29 is 17.9 Å². The van der Waals surface area contributed by atoms with Crippen molar-refractivity contribution in [3.63, 3.8) is 0 Å². The minimum Gasteiger partial charge on any atom is -0.377 e. The summed E-state index contributed by atoms with van der Waals surface area (Å²) >= 11 is 6.04. The van der Waals surface area contributed by atoms with Crippen molar-refractivity contribution in [3.8, 4) is 0 Å². The topological polar surface area (TPSA) is 75.7 Å².